The maximum Gasteiger partial charge on any atom is 0.314 e. The largest absolute Gasteiger partial charge is 0.497 e. The van der Waals surface area contributed by atoms with Gasteiger partial charge in [0.2, 0.25) is 0 Å². The minimum Gasteiger partial charge on any atom is -0.497 e. The molecule has 0 spiro atoms. The number of methoxy groups -OCH3 is 1. The van der Waals surface area contributed by atoms with Gasteiger partial charge in [-0.3, -0.25) is 4.79 Å². The van der Waals surface area contributed by atoms with E-state index in [1.54, 1.807) is 19.2 Å². The van der Waals surface area contributed by atoms with Gasteiger partial charge in [-0.1, -0.05) is 55.5 Å². The van der Waals surface area contributed by atoms with E-state index in [0.717, 1.165) is 11.3 Å². The molecule has 4 rings (SSSR count). The lowest BCUT2D eigenvalue weighted by molar-refractivity contribution is -0.138. The van der Waals surface area contributed by atoms with E-state index in [4.69, 9.17) is 9.47 Å². The molecular weight excluding hydrogens is 386 g/mol. The van der Waals surface area contributed by atoms with Crippen molar-refractivity contribution in [1.29, 1.82) is 0 Å². The summed E-state index contributed by atoms with van der Waals surface area (Å²) in [6.07, 6.45) is 2.82. The summed E-state index contributed by atoms with van der Waals surface area (Å²) in [5, 5.41) is 1.20. The predicted molar refractivity (Wildman–Crippen MR) is 124 cm³/mol. The molecule has 0 N–H and O–H groups in total. The van der Waals surface area contributed by atoms with Gasteiger partial charge < -0.3 is 14.0 Å². The quantitative estimate of drug-likeness (QED) is 0.278. The zero-order chi connectivity index (χ0) is 21.8. The molecule has 0 aliphatic rings. The molecular formula is C27H27NO3. The van der Waals surface area contributed by atoms with E-state index in [1.165, 1.54) is 16.5 Å². The number of carbonyl (C=O) groups is 1. The first-order valence-corrected chi connectivity index (χ1v) is 10.5. The van der Waals surface area contributed by atoms with Crippen LogP contribution in [-0.2, 0) is 11.8 Å². The molecule has 1 heterocycles. The van der Waals surface area contributed by atoms with E-state index in [2.05, 4.69) is 48.1 Å². The lowest BCUT2D eigenvalue weighted by Gasteiger charge is -2.21. The summed E-state index contributed by atoms with van der Waals surface area (Å²) >= 11 is 0. The SMILES string of the molecule is COc1ccc(C(CC(C)C(=O)Oc2ccccc2)c2cn(C)c3ccccc23)cc1. The van der Waals surface area contributed by atoms with Gasteiger partial charge >= 0.3 is 5.97 Å². The predicted octanol–water partition coefficient (Wildman–Crippen LogP) is 5.95. The molecule has 0 radical (unpaired) electrons. The molecule has 0 aliphatic heterocycles. The highest BCUT2D eigenvalue weighted by Crippen LogP contribution is 2.37. The number of fused-ring (bicyclic) bond motifs is 1. The second-order valence-corrected chi connectivity index (χ2v) is 7.91. The zero-order valence-electron chi connectivity index (χ0n) is 18.1. The smallest absolute Gasteiger partial charge is 0.314 e. The van der Waals surface area contributed by atoms with Crippen molar-refractivity contribution in [2.45, 2.75) is 19.3 Å². The molecule has 2 unspecified atom stereocenters. The number of carbonyl (C=O) groups excluding carboxylic acids is 1. The van der Waals surface area contributed by atoms with Crippen molar-refractivity contribution < 1.29 is 14.3 Å². The standard InChI is InChI=1S/C27H27NO3/c1-19(27(29)31-22-9-5-4-6-10-22)17-24(20-13-15-21(30-3)16-14-20)25-18-28(2)26-12-8-7-11-23(25)26/h4-16,18-19,24H,17H2,1-3H3. The van der Waals surface area contributed by atoms with Crippen LogP contribution >= 0.6 is 0 Å². The van der Waals surface area contributed by atoms with Gasteiger partial charge in [0.25, 0.3) is 0 Å². The molecule has 4 aromatic rings. The summed E-state index contributed by atoms with van der Waals surface area (Å²) < 4.78 is 13.1. The van der Waals surface area contributed by atoms with Crippen molar-refractivity contribution in [2.24, 2.45) is 13.0 Å². The first-order chi connectivity index (χ1) is 15.1. The summed E-state index contributed by atoms with van der Waals surface area (Å²) in [4.78, 5) is 12.8. The molecule has 0 aliphatic carbocycles. The summed E-state index contributed by atoms with van der Waals surface area (Å²) in [7, 11) is 3.73. The molecule has 4 heteroatoms. The van der Waals surface area contributed by atoms with Crippen molar-refractivity contribution in [3.63, 3.8) is 0 Å². The Hall–Kier alpha value is -3.53. The normalized spacial score (nSPS) is 13.0. The van der Waals surface area contributed by atoms with Crippen molar-refractivity contribution >= 4 is 16.9 Å². The third-order valence-electron chi connectivity index (χ3n) is 5.77. The fraction of sp³-hybridized carbons (Fsp3) is 0.222. The minimum absolute atomic E-state index is 0.0512. The van der Waals surface area contributed by atoms with Crippen LogP contribution in [0.2, 0.25) is 0 Å². The van der Waals surface area contributed by atoms with Crippen molar-refractivity contribution in [2.75, 3.05) is 7.11 Å². The van der Waals surface area contributed by atoms with Gasteiger partial charge in [-0.05, 0) is 47.9 Å². The Morgan fingerprint density at radius 1 is 0.903 bits per heavy atom. The van der Waals surface area contributed by atoms with E-state index in [9.17, 15) is 4.79 Å². The monoisotopic (exact) mass is 413 g/mol. The van der Waals surface area contributed by atoms with Gasteiger partial charge in [0.15, 0.2) is 0 Å². The zero-order valence-corrected chi connectivity index (χ0v) is 18.1. The highest BCUT2D eigenvalue weighted by atomic mass is 16.5. The molecule has 31 heavy (non-hydrogen) atoms. The molecule has 4 nitrogen and oxygen atoms in total. The number of nitrogens with zero attached hydrogens (tertiary/aromatic N) is 1. The minimum atomic E-state index is -0.272. The summed E-state index contributed by atoms with van der Waals surface area (Å²) in [6, 6.07) is 25.7. The van der Waals surface area contributed by atoms with E-state index in [-0.39, 0.29) is 17.8 Å². The Morgan fingerprint density at radius 2 is 1.58 bits per heavy atom. The number of rotatable bonds is 7. The van der Waals surface area contributed by atoms with Crippen molar-refractivity contribution in [3.05, 3.63) is 96.2 Å². The Kier molecular flexibility index (Phi) is 6.08. The fourth-order valence-electron chi connectivity index (χ4n) is 4.08. The third kappa shape index (κ3) is 4.48. The highest BCUT2D eigenvalue weighted by Gasteiger charge is 2.26. The van der Waals surface area contributed by atoms with Crippen LogP contribution in [0.15, 0.2) is 85.1 Å². The second-order valence-electron chi connectivity index (χ2n) is 7.91. The number of ether oxygens (including phenoxy) is 2. The molecule has 2 atom stereocenters. The second kappa shape index (κ2) is 9.09. The van der Waals surface area contributed by atoms with Gasteiger partial charge in [-0.25, -0.2) is 0 Å². The van der Waals surface area contributed by atoms with Gasteiger partial charge in [0.1, 0.15) is 11.5 Å². The number of aromatic nitrogens is 1. The van der Waals surface area contributed by atoms with E-state index in [1.807, 2.05) is 43.3 Å². The lowest BCUT2D eigenvalue weighted by Crippen LogP contribution is -2.20. The van der Waals surface area contributed by atoms with Crippen LogP contribution in [0.25, 0.3) is 10.9 Å². The van der Waals surface area contributed by atoms with Gasteiger partial charge in [0, 0.05) is 30.1 Å². The van der Waals surface area contributed by atoms with Crippen LogP contribution in [0.5, 0.6) is 11.5 Å². The van der Waals surface area contributed by atoms with Crippen LogP contribution in [0.4, 0.5) is 0 Å². The average molecular weight is 414 g/mol. The number of benzene rings is 3. The number of aryl methyl sites for hydroxylation is 1. The Labute approximate surface area is 183 Å². The van der Waals surface area contributed by atoms with Crippen LogP contribution < -0.4 is 9.47 Å². The number of hydrogen-bond acceptors (Lipinski definition) is 3. The third-order valence-corrected chi connectivity index (χ3v) is 5.77. The lowest BCUT2D eigenvalue weighted by atomic mass is 9.84. The Bertz CT molecular complexity index is 1160. The summed E-state index contributed by atoms with van der Waals surface area (Å²) in [5.74, 6) is 0.953. The molecule has 1 aromatic heterocycles. The molecule has 0 saturated heterocycles. The summed E-state index contributed by atoms with van der Waals surface area (Å²) in [5.41, 5.74) is 3.54. The number of esters is 1. The number of para-hydroxylation sites is 2. The van der Waals surface area contributed by atoms with E-state index >= 15 is 0 Å². The maximum absolute atomic E-state index is 12.8. The van der Waals surface area contributed by atoms with Gasteiger partial charge in [-0.15, -0.1) is 0 Å². The molecule has 0 bridgehead atoms. The first-order valence-electron chi connectivity index (χ1n) is 10.5. The van der Waals surface area contributed by atoms with Gasteiger partial charge in [-0.2, -0.15) is 0 Å². The molecule has 0 saturated carbocycles. The van der Waals surface area contributed by atoms with Crippen molar-refractivity contribution in [3.8, 4) is 11.5 Å². The van der Waals surface area contributed by atoms with E-state index in [0.29, 0.717) is 12.2 Å². The van der Waals surface area contributed by atoms with Crippen LogP contribution in [0, 0.1) is 5.92 Å². The Morgan fingerprint density at radius 3 is 2.29 bits per heavy atom. The highest BCUT2D eigenvalue weighted by molar-refractivity contribution is 5.85. The van der Waals surface area contributed by atoms with Crippen LogP contribution in [-0.4, -0.2) is 17.6 Å². The first kappa shape index (κ1) is 20.7. The van der Waals surface area contributed by atoms with Gasteiger partial charge in [0.05, 0.1) is 13.0 Å². The molecule has 0 amide bonds. The number of hydrogen-bond donors (Lipinski definition) is 0. The molecule has 3 aromatic carbocycles. The summed E-state index contributed by atoms with van der Waals surface area (Å²) in [6.45, 7) is 1.94. The van der Waals surface area contributed by atoms with E-state index < -0.39 is 0 Å². The molecule has 0 fully saturated rings. The fourth-order valence-corrected chi connectivity index (χ4v) is 4.08. The topological polar surface area (TPSA) is 40.5 Å². The van der Waals surface area contributed by atoms with Crippen LogP contribution in [0.1, 0.15) is 30.4 Å². The Balaban J connectivity index is 1.67. The van der Waals surface area contributed by atoms with Crippen LogP contribution in [0.3, 0.4) is 0 Å². The van der Waals surface area contributed by atoms with Crippen molar-refractivity contribution in [1.82, 2.24) is 4.57 Å². The maximum atomic E-state index is 12.8. The molecule has 158 valence electrons. The average Bonchev–Trinajstić information content (AvgIpc) is 3.14.